The Kier molecular flexibility index (Phi) is 4.53. The van der Waals surface area contributed by atoms with E-state index < -0.39 is 0 Å². The van der Waals surface area contributed by atoms with E-state index in [9.17, 15) is 9.50 Å². The van der Waals surface area contributed by atoms with Crippen LogP contribution in [0.15, 0.2) is 48.5 Å². The summed E-state index contributed by atoms with van der Waals surface area (Å²) >= 11 is 0. The maximum absolute atomic E-state index is 12.8. The molecule has 0 fully saturated rings. The molecule has 19 heavy (non-hydrogen) atoms. The van der Waals surface area contributed by atoms with Gasteiger partial charge < -0.3 is 10.4 Å². The number of benzene rings is 2. The molecule has 0 spiro atoms. The van der Waals surface area contributed by atoms with Crippen molar-refractivity contribution in [2.24, 2.45) is 0 Å². The third-order valence-electron chi connectivity index (χ3n) is 3.04. The molecule has 2 N–H and O–H groups in total. The van der Waals surface area contributed by atoms with Gasteiger partial charge in [0.05, 0.1) is 6.61 Å². The fraction of sp³-hybridized carbons (Fsp3) is 0.250. The molecule has 100 valence electrons. The van der Waals surface area contributed by atoms with Gasteiger partial charge in [-0.3, -0.25) is 0 Å². The van der Waals surface area contributed by atoms with Crippen LogP contribution in [0.25, 0.3) is 0 Å². The van der Waals surface area contributed by atoms with Crippen molar-refractivity contribution in [1.29, 1.82) is 0 Å². The van der Waals surface area contributed by atoms with Crippen LogP contribution in [0, 0.1) is 5.82 Å². The van der Waals surface area contributed by atoms with E-state index in [1.807, 2.05) is 24.3 Å². The normalized spacial score (nSPS) is 12.2. The van der Waals surface area contributed by atoms with Crippen molar-refractivity contribution < 1.29 is 9.50 Å². The Morgan fingerprint density at radius 3 is 2.47 bits per heavy atom. The largest absolute Gasteiger partial charge is 0.392 e. The van der Waals surface area contributed by atoms with E-state index in [1.54, 1.807) is 12.1 Å². The molecule has 2 aromatic rings. The number of hydrogen-bond donors (Lipinski definition) is 2. The van der Waals surface area contributed by atoms with E-state index in [1.165, 1.54) is 12.1 Å². The van der Waals surface area contributed by atoms with Crippen LogP contribution in [0.3, 0.4) is 0 Å². The van der Waals surface area contributed by atoms with Crippen LogP contribution in [0.5, 0.6) is 0 Å². The summed E-state index contributed by atoms with van der Waals surface area (Å²) in [6.45, 7) is 2.09. The highest BCUT2D eigenvalue weighted by atomic mass is 19.1. The lowest BCUT2D eigenvalue weighted by Crippen LogP contribution is -2.19. The van der Waals surface area contributed by atoms with Gasteiger partial charge in [-0.05, 0) is 37.1 Å². The van der Waals surface area contributed by atoms with Crippen molar-refractivity contribution in [3.63, 3.8) is 0 Å². The summed E-state index contributed by atoms with van der Waals surface area (Å²) in [5.74, 6) is -0.213. The van der Waals surface area contributed by atoms with Gasteiger partial charge in [-0.1, -0.05) is 30.3 Å². The Hall–Kier alpha value is -1.87. The number of halogens is 1. The van der Waals surface area contributed by atoms with Crippen molar-refractivity contribution >= 4 is 5.69 Å². The molecular formula is C16H18FNO. The minimum absolute atomic E-state index is 0.0203. The van der Waals surface area contributed by atoms with Crippen LogP contribution in [0.2, 0.25) is 0 Å². The number of anilines is 1. The van der Waals surface area contributed by atoms with E-state index in [-0.39, 0.29) is 18.5 Å². The lowest BCUT2D eigenvalue weighted by atomic mass is 10.1. The number of hydrogen-bond acceptors (Lipinski definition) is 2. The first kappa shape index (κ1) is 13.6. The Morgan fingerprint density at radius 2 is 1.79 bits per heavy atom. The zero-order valence-electron chi connectivity index (χ0n) is 10.9. The molecule has 0 aromatic heterocycles. The Morgan fingerprint density at radius 1 is 1.11 bits per heavy atom. The van der Waals surface area contributed by atoms with Crippen LogP contribution < -0.4 is 5.32 Å². The molecule has 2 aromatic carbocycles. The molecule has 2 rings (SSSR count). The summed E-state index contributed by atoms with van der Waals surface area (Å²) in [6.07, 6.45) is 0.806. The highest BCUT2D eigenvalue weighted by Gasteiger charge is 2.06. The van der Waals surface area contributed by atoms with Crippen LogP contribution in [-0.4, -0.2) is 11.1 Å². The number of rotatable bonds is 5. The Balaban J connectivity index is 2.01. The van der Waals surface area contributed by atoms with E-state index in [4.69, 9.17) is 0 Å². The average molecular weight is 259 g/mol. The predicted molar refractivity (Wildman–Crippen MR) is 75.6 cm³/mol. The first-order chi connectivity index (χ1) is 9.19. The van der Waals surface area contributed by atoms with Gasteiger partial charge in [0.2, 0.25) is 0 Å². The Labute approximate surface area is 112 Å². The molecule has 0 radical (unpaired) electrons. The molecule has 0 heterocycles. The fourth-order valence-electron chi connectivity index (χ4n) is 2.09. The first-order valence-corrected chi connectivity index (χ1v) is 6.39. The maximum atomic E-state index is 12.8. The summed E-state index contributed by atoms with van der Waals surface area (Å²) in [7, 11) is 0. The van der Waals surface area contributed by atoms with Gasteiger partial charge in [0.25, 0.3) is 0 Å². The van der Waals surface area contributed by atoms with Crippen LogP contribution in [0.1, 0.15) is 18.1 Å². The monoisotopic (exact) mass is 259 g/mol. The van der Waals surface area contributed by atoms with Crippen molar-refractivity contribution in [2.45, 2.75) is 26.0 Å². The highest BCUT2D eigenvalue weighted by molar-refractivity contribution is 5.51. The SMILES string of the molecule is CC(Cc1ccc(F)cc1)Nc1ccccc1CO. The summed E-state index contributed by atoms with van der Waals surface area (Å²) in [5.41, 5.74) is 2.91. The number of para-hydroxylation sites is 1. The second kappa shape index (κ2) is 6.34. The molecule has 0 saturated carbocycles. The molecule has 0 saturated heterocycles. The summed E-state index contributed by atoms with van der Waals surface area (Å²) in [4.78, 5) is 0. The van der Waals surface area contributed by atoms with Gasteiger partial charge in [0, 0.05) is 17.3 Å². The van der Waals surface area contributed by atoms with Crippen molar-refractivity contribution in [1.82, 2.24) is 0 Å². The molecule has 1 unspecified atom stereocenters. The van der Waals surface area contributed by atoms with E-state index in [2.05, 4.69) is 12.2 Å². The number of aliphatic hydroxyl groups excluding tert-OH is 1. The van der Waals surface area contributed by atoms with Gasteiger partial charge >= 0.3 is 0 Å². The predicted octanol–water partition coefficient (Wildman–Crippen LogP) is 3.36. The highest BCUT2D eigenvalue weighted by Crippen LogP contribution is 2.17. The smallest absolute Gasteiger partial charge is 0.123 e. The Bertz CT molecular complexity index is 525. The standard InChI is InChI=1S/C16H18FNO/c1-12(10-13-6-8-15(17)9-7-13)18-16-5-3-2-4-14(16)11-19/h2-9,12,18-19H,10-11H2,1H3. The van der Waals surface area contributed by atoms with Gasteiger partial charge in [-0.25, -0.2) is 4.39 Å². The van der Waals surface area contributed by atoms with E-state index >= 15 is 0 Å². The third-order valence-corrected chi connectivity index (χ3v) is 3.04. The molecule has 0 bridgehead atoms. The molecule has 0 aliphatic heterocycles. The minimum Gasteiger partial charge on any atom is -0.392 e. The second-order valence-electron chi connectivity index (χ2n) is 4.69. The van der Waals surface area contributed by atoms with Crippen molar-refractivity contribution in [3.8, 4) is 0 Å². The van der Waals surface area contributed by atoms with E-state index in [0.29, 0.717) is 0 Å². The first-order valence-electron chi connectivity index (χ1n) is 6.39. The van der Waals surface area contributed by atoms with Gasteiger partial charge in [0.15, 0.2) is 0 Å². The molecule has 0 aliphatic rings. The van der Waals surface area contributed by atoms with Crippen LogP contribution >= 0.6 is 0 Å². The number of nitrogens with one attached hydrogen (secondary N) is 1. The lowest BCUT2D eigenvalue weighted by molar-refractivity contribution is 0.282. The van der Waals surface area contributed by atoms with Gasteiger partial charge in [0.1, 0.15) is 5.82 Å². The van der Waals surface area contributed by atoms with Crippen molar-refractivity contribution in [3.05, 3.63) is 65.5 Å². The maximum Gasteiger partial charge on any atom is 0.123 e. The quantitative estimate of drug-likeness (QED) is 0.863. The minimum atomic E-state index is -0.213. The van der Waals surface area contributed by atoms with Gasteiger partial charge in [-0.2, -0.15) is 0 Å². The average Bonchev–Trinajstić information content (AvgIpc) is 2.42. The second-order valence-corrected chi connectivity index (χ2v) is 4.69. The summed E-state index contributed by atoms with van der Waals surface area (Å²) < 4.78 is 12.8. The molecule has 3 heteroatoms. The molecule has 1 atom stereocenters. The molecule has 0 amide bonds. The van der Waals surface area contributed by atoms with Gasteiger partial charge in [-0.15, -0.1) is 0 Å². The molecule has 2 nitrogen and oxygen atoms in total. The summed E-state index contributed by atoms with van der Waals surface area (Å²) in [5, 5.41) is 12.6. The topological polar surface area (TPSA) is 32.3 Å². The lowest BCUT2D eigenvalue weighted by Gasteiger charge is -2.17. The molecular weight excluding hydrogens is 241 g/mol. The van der Waals surface area contributed by atoms with Crippen molar-refractivity contribution in [2.75, 3.05) is 5.32 Å². The van der Waals surface area contributed by atoms with Crippen LogP contribution in [0.4, 0.5) is 10.1 Å². The number of aliphatic hydroxyl groups is 1. The van der Waals surface area contributed by atoms with E-state index in [0.717, 1.165) is 23.2 Å². The van der Waals surface area contributed by atoms with Crippen LogP contribution in [-0.2, 0) is 13.0 Å². The molecule has 0 aliphatic carbocycles. The third kappa shape index (κ3) is 3.80. The fourth-order valence-corrected chi connectivity index (χ4v) is 2.09. The summed E-state index contributed by atoms with van der Waals surface area (Å²) in [6, 6.07) is 14.4. The zero-order valence-corrected chi connectivity index (χ0v) is 10.9. The zero-order chi connectivity index (χ0) is 13.7.